The highest BCUT2D eigenvalue weighted by Crippen LogP contribution is 2.22. The molecule has 0 unspecified atom stereocenters. The molecule has 9 heteroatoms. The molecule has 1 aromatic heterocycles. The Kier molecular flexibility index (Phi) is 3.98. The molecule has 124 valence electrons. The lowest BCUT2D eigenvalue weighted by molar-refractivity contribution is -0.139. The average molecular weight is 329 g/mol. The number of carbonyl (C=O) groups is 2. The van der Waals surface area contributed by atoms with Crippen molar-refractivity contribution in [2.75, 3.05) is 12.4 Å². The van der Waals surface area contributed by atoms with Gasteiger partial charge in [0.05, 0.1) is 24.7 Å². The summed E-state index contributed by atoms with van der Waals surface area (Å²) < 4.78 is 5.18. The van der Waals surface area contributed by atoms with Crippen molar-refractivity contribution in [1.29, 1.82) is 0 Å². The quantitative estimate of drug-likeness (QED) is 0.753. The number of aryl methyl sites for hydroxylation is 1. The number of aliphatic carboxylic acids is 1. The number of anilines is 1. The molecule has 0 bridgehead atoms. The molecule has 1 aliphatic rings. The molecule has 9 nitrogen and oxygen atoms in total. The van der Waals surface area contributed by atoms with E-state index in [0.717, 1.165) is 11.1 Å². The van der Waals surface area contributed by atoms with Crippen molar-refractivity contribution in [3.05, 3.63) is 23.9 Å². The lowest BCUT2D eigenvalue weighted by Crippen LogP contribution is -2.33. The number of methoxy groups -OCH3 is 1. The smallest absolute Gasteiger partial charge is 0.306 e. The first-order valence-electron chi connectivity index (χ1n) is 7.16. The van der Waals surface area contributed by atoms with E-state index in [1.54, 1.807) is 19.2 Å². The van der Waals surface area contributed by atoms with Crippen molar-refractivity contribution >= 4 is 34.7 Å². The zero-order valence-electron chi connectivity index (χ0n) is 13.0. The molecule has 0 spiro atoms. The number of nitrogens with one attached hydrogen (secondary N) is 2. The number of ether oxygens (including phenoxy) is 1. The van der Waals surface area contributed by atoms with Crippen LogP contribution in [0, 0.1) is 6.92 Å². The Morgan fingerprint density at radius 1 is 1.42 bits per heavy atom. The minimum absolute atomic E-state index is 0.138. The maximum Gasteiger partial charge on any atom is 0.306 e. The molecule has 2 aromatic rings. The first-order chi connectivity index (χ1) is 11.5. The van der Waals surface area contributed by atoms with Crippen LogP contribution in [-0.2, 0) is 9.59 Å². The molecule has 0 radical (unpaired) electrons. The zero-order valence-corrected chi connectivity index (χ0v) is 13.0. The van der Waals surface area contributed by atoms with Gasteiger partial charge in [0.25, 0.3) is 5.91 Å². The fourth-order valence-corrected chi connectivity index (χ4v) is 2.36. The number of hydrogen-bond donors (Lipinski definition) is 3. The largest absolute Gasteiger partial charge is 0.497 e. The van der Waals surface area contributed by atoms with E-state index in [0.29, 0.717) is 11.3 Å². The molecule has 2 heterocycles. The highest BCUT2D eigenvalue weighted by atomic mass is 16.5. The molecule has 3 rings (SSSR count). The first kappa shape index (κ1) is 15.7. The van der Waals surface area contributed by atoms with Gasteiger partial charge in [-0.05, 0) is 25.1 Å². The van der Waals surface area contributed by atoms with Crippen LogP contribution in [0.3, 0.4) is 0 Å². The molecule has 24 heavy (non-hydrogen) atoms. The number of hydrogen-bond acceptors (Lipinski definition) is 7. The van der Waals surface area contributed by atoms with Crippen molar-refractivity contribution in [2.45, 2.75) is 19.4 Å². The van der Waals surface area contributed by atoms with Crippen molar-refractivity contribution in [3.8, 4) is 5.75 Å². The standard InChI is InChI=1S/C15H15N5O4/c1-7-9-5-8(24-2)3-4-10(9)17-14(16-7)20-15-18-11(6-12(21)22)13(23)19-15/h3-5,11H,6H2,1-2H3,(H,21,22)(H2,16,17,18,19,20,23)/t11-/m0/s1. The van der Waals surface area contributed by atoms with Crippen molar-refractivity contribution in [2.24, 2.45) is 4.99 Å². The number of carbonyl (C=O) groups excluding carboxylic acids is 1. The van der Waals surface area contributed by atoms with Gasteiger partial charge in [-0.3, -0.25) is 20.2 Å². The van der Waals surface area contributed by atoms with Crippen LogP contribution in [0.1, 0.15) is 12.1 Å². The molecule has 0 fully saturated rings. The van der Waals surface area contributed by atoms with Gasteiger partial charge in [0, 0.05) is 5.39 Å². The number of carboxylic acids is 1. The number of rotatable bonds is 4. The Balaban J connectivity index is 1.86. The predicted molar refractivity (Wildman–Crippen MR) is 86.1 cm³/mol. The summed E-state index contributed by atoms with van der Waals surface area (Å²) >= 11 is 0. The van der Waals surface area contributed by atoms with Gasteiger partial charge in [-0.15, -0.1) is 0 Å². The van der Waals surface area contributed by atoms with Crippen LogP contribution in [0.2, 0.25) is 0 Å². The molecule has 1 aliphatic heterocycles. The van der Waals surface area contributed by atoms with Crippen LogP contribution in [0.25, 0.3) is 10.9 Å². The van der Waals surface area contributed by atoms with Crippen molar-refractivity contribution < 1.29 is 19.4 Å². The van der Waals surface area contributed by atoms with E-state index < -0.39 is 17.9 Å². The van der Waals surface area contributed by atoms with Crippen molar-refractivity contribution in [1.82, 2.24) is 15.3 Å². The van der Waals surface area contributed by atoms with E-state index in [-0.39, 0.29) is 18.3 Å². The second-order valence-corrected chi connectivity index (χ2v) is 5.22. The molecule has 1 atom stereocenters. The second kappa shape index (κ2) is 6.11. The number of aromatic nitrogens is 2. The third-order valence-corrected chi connectivity index (χ3v) is 3.52. The number of carboxylic acid groups (broad SMARTS) is 1. The van der Waals surface area contributed by atoms with Crippen LogP contribution >= 0.6 is 0 Å². The third kappa shape index (κ3) is 3.09. The summed E-state index contributed by atoms with van der Waals surface area (Å²) in [6.45, 7) is 1.83. The summed E-state index contributed by atoms with van der Waals surface area (Å²) in [6.07, 6.45) is -0.367. The Morgan fingerprint density at radius 2 is 2.21 bits per heavy atom. The van der Waals surface area contributed by atoms with Gasteiger partial charge in [0.2, 0.25) is 11.9 Å². The summed E-state index contributed by atoms with van der Waals surface area (Å²) in [7, 11) is 1.59. The van der Waals surface area contributed by atoms with Crippen LogP contribution in [-0.4, -0.2) is 46.1 Å². The molecule has 0 saturated heterocycles. The topological polar surface area (TPSA) is 126 Å². The van der Waals surface area contributed by atoms with E-state index in [1.165, 1.54) is 0 Å². The number of amides is 1. The van der Waals surface area contributed by atoms with E-state index in [9.17, 15) is 9.59 Å². The highest BCUT2D eigenvalue weighted by Gasteiger charge is 2.28. The van der Waals surface area contributed by atoms with E-state index in [2.05, 4.69) is 25.6 Å². The average Bonchev–Trinajstić information content (AvgIpc) is 2.85. The summed E-state index contributed by atoms with van der Waals surface area (Å²) in [5.41, 5.74) is 1.44. The Morgan fingerprint density at radius 3 is 2.92 bits per heavy atom. The molecule has 1 amide bonds. The van der Waals surface area contributed by atoms with Gasteiger partial charge in [0.1, 0.15) is 11.8 Å². The van der Waals surface area contributed by atoms with Gasteiger partial charge in [-0.2, -0.15) is 0 Å². The first-order valence-corrected chi connectivity index (χ1v) is 7.16. The summed E-state index contributed by atoms with van der Waals surface area (Å²) in [6, 6.07) is 4.48. The van der Waals surface area contributed by atoms with Gasteiger partial charge in [-0.25, -0.2) is 15.0 Å². The molecular formula is C15H15N5O4. The number of benzene rings is 1. The molecule has 0 saturated carbocycles. The number of guanidine groups is 1. The third-order valence-electron chi connectivity index (χ3n) is 3.52. The van der Waals surface area contributed by atoms with Gasteiger partial charge in [-0.1, -0.05) is 0 Å². The molecule has 3 N–H and O–H groups in total. The monoisotopic (exact) mass is 329 g/mol. The zero-order chi connectivity index (χ0) is 17.3. The lowest BCUT2D eigenvalue weighted by Gasteiger charge is -2.08. The minimum Gasteiger partial charge on any atom is -0.497 e. The minimum atomic E-state index is -1.09. The molecular weight excluding hydrogens is 314 g/mol. The molecule has 0 aliphatic carbocycles. The summed E-state index contributed by atoms with van der Waals surface area (Å²) in [5, 5.41) is 14.9. The van der Waals surface area contributed by atoms with E-state index >= 15 is 0 Å². The van der Waals surface area contributed by atoms with Gasteiger partial charge < -0.3 is 9.84 Å². The van der Waals surface area contributed by atoms with E-state index in [4.69, 9.17) is 9.84 Å². The fourth-order valence-electron chi connectivity index (χ4n) is 2.36. The second-order valence-electron chi connectivity index (χ2n) is 5.22. The summed E-state index contributed by atoms with van der Waals surface area (Å²) in [5.74, 6) is -0.452. The Hall–Kier alpha value is -3.23. The Bertz CT molecular complexity index is 864. The number of nitrogens with zero attached hydrogens (tertiary/aromatic N) is 3. The SMILES string of the molecule is COc1ccc2nc(NC3=N[C@@H](CC(=O)O)C(=O)N3)nc(C)c2c1. The van der Waals surface area contributed by atoms with Crippen molar-refractivity contribution in [3.63, 3.8) is 0 Å². The number of fused-ring (bicyclic) bond motifs is 1. The maximum absolute atomic E-state index is 11.7. The fraction of sp³-hybridized carbons (Fsp3) is 0.267. The van der Waals surface area contributed by atoms with Crippen LogP contribution in [0.4, 0.5) is 5.95 Å². The lowest BCUT2D eigenvalue weighted by atomic mass is 10.2. The molecule has 1 aromatic carbocycles. The van der Waals surface area contributed by atoms with Crippen LogP contribution < -0.4 is 15.4 Å². The number of aliphatic imine (C=N–C) groups is 1. The Labute approximate surface area is 136 Å². The van der Waals surface area contributed by atoms with Gasteiger partial charge in [0.15, 0.2) is 0 Å². The van der Waals surface area contributed by atoms with E-state index in [1.807, 2.05) is 13.0 Å². The maximum atomic E-state index is 11.7. The van der Waals surface area contributed by atoms with Crippen LogP contribution in [0.5, 0.6) is 5.75 Å². The normalized spacial score (nSPS) is 16.7. The highest BCUT2D eigenvalue weighted by molar-refractivity contribution is 6.10. The van der Waals surface area contributed by atoms with Gasteiger partial charge >= 0.3 is 5.97 Å². The predicted octanol–water partition coefficient (Wildman–Crippen LogP) is 0.688. The summed E-state index contributed by atoms with van der Waals surface area (Å²) in [4.78, 5) is 35.1. The van der Waals surface area contributed by atoms with Crippen LogP contribution in [0.15, 0.2) is 23.2 Å².